The number of halogens is 3. The Morgan fingerprint density at radius 1 is 1.14 bits per heavy atom. The van der Waals surface area contributed by atoms with Crippen molar-refractivity contribution in [3.05, 3.63) is 35.9 Å². The Labute approximate surface area is 204 Å². The molecule has 4 heterocycles. The van der Waals surface area contributed by atoms with Crippen molar-refractivity contribution in [1.29, 1.82) is 0 Å². The van der Waals surface area contributed by atoms with Crippen LogP contribution < -0.4 is 5.32 Å². The number of hydrogen-bond donors (Lipinski definition) is 1. The Kier molecular flexibility index (Phi) is 6.06. The van der Waals surface area contributed by atoms with E-state index < -0.39 is 27.6 Å². The van der Waals surface area contributed by atoms with Crippen LogP contribution in [0.5, 0.6) is 0 Å². The highest BCUT2D eigenvalue weighted by atomic mass is 32.2. The first-order chi connectivity index (χ1) is 16.6. The second-order valence-corrected chi connectivity index (χ2v) is 11.7. The number of pyridine rings is 1. The zero-order valence-electron chi connectivity index (χ0n) is 20.2. The molecule has 4 rings (SSSR count). The van der Waals surface area contributed by atoms with Crippen LogP contribution in [-0.4, -0.2) is 55.8 Å². The lowest BCUT2D eigenvalue weighted by Gasteiger charge is -2.18. The summed E-state index contributed by atoms with van der Waals surface area (Å²) < 4.78 is 67.9. The Hall–Kier alpha value is -3.55. The SMILES string of the molecule is CCS(=O)(=O)c1nn2cc(C(=O)NCC(C)(C)C)cnc2c1-c1nc2cc(C(F)(F)F)ncc2n1C. The summed E-state index contributed by atoms with van der Waals surface area (Å²) in [6.45, 7) is 7.72. The fraction of sp³-hybridized carbons (Fsp3) is 0.409. The minimum Gasteiger partial charge on any atom is -0.351 e. The molecule has 0 aliphatic carbocycles. The minimum absolute atomic E-state index is 0.0192. The Bertz CT molecular complexity index is 1600. The quantitative estimate of drug-likeness (QED) is 0.426. The van der Waals surface area contributed by atoms with Gasteiger partial charge < -0.3 is 9.88 Å². The molecule has 0 aliphatic rings. The van der Waals surface area contributed by atoms with Crippen molar-refractivity contribution in [2.75, 3.05) is 12.3 Å². The monoisotopic (exact) mass is 523 g/mol. The number of nitrogens with zero attached hydrogens (tertiary/aromatic N) is 6. The maximum Gasteiger partial charge on any atom is 0.433 e. The van der Waals surface area contributed by atoms with Crippen LogP contribution >= 0.6 is 0 Å². The Balaban J connectivity index is 1.91. The third-order valence-corrected chi connectivity index (χ3v) is 7.07. The van der Waals surface area contributed by atoms with Crippen LogP contribution in [0.25, 0.3) is 28.1 Å². The molecule has 10 nitrogen and oxygen atoms in total. The molecule has 192 valence electrons. The summed E-state index contributed by atoms with van der Waals surface area (Å²) in [7, 11) is -2.38. The average molecular weight is 524 g/mol. The molecule has 0 fully saturated rings. The van der Waals surface area contributed by atoms with Crippen LogP contribution in [0.2, 0.25) is 0 Å². The van der Waals surface area contributed by atoms with Crippen molar-refractivity contribution in [2.24, 2.45) is 12.5 Å². The van der Waals surface area contributed by atoms with Crippen molar-refractivity contribution in [2.45, 2.75) is 38.9 Å². The number of carbonyl (C=O) groups excluding carboxylic acids is 1. The first-order valence-corrected chi connectivity index (χ1v) is 12.6. The predicted octanol–water partition coefficient (Wildman–Crippen LogP) is 3.27. The van der Waals surface area contributed by atoms with E-state index in [0.29, 0.717) is 6.54 Å². The van der Waals surface area contributed by atoms with Gasteiger partial charge in [-0.2, -0.15) is 18.3 Å². The predicted molar refractivity (Wildman–Crippen MR) is 125 cm³/mol. The Morgan fingerprint density at radius 2 is 1.83 bits per heavy atom. The lowest BCUT2D eigenvalue weighted by atomic mass is 9.97. The standard InChI is InChI=1S/C22H24F3N7O3S/c1-6-36(34,35)20-16(18-29-13-7-15(22(23,24)25)26-9-14(13)31(18)5)17-27-8-12(10-32(17)30-20)19(33)28-11-21(2,3)4/h7-10H,6,11H2,1-5H3,(H,28,33). The van der Waals surface area contributed by atoms with Gasteiger partial charge in [0.05, 0.1) is 28.5 Å². The van der Waals surface area contributed by atoms with Crippen molar-refractivity contribution >= 4 is 32.4 Å². The maximum atomic E-state index is 13.2. The number of nitrogens with one attached hydrogen (secondary N) is 1. The van der Waals surface area contributed by atoms with Gasteiger partial charge in [0.1, 0.15) is 17.1 Å². The number of fused-ring (bicyclic) bond motifs is 2. The highest BCUT2D eigenvalue weighted by Gasteiger charge is 2.34. The van der Waals surface area contributed by atoms with Gasteiger partial charge in [0.25, 0.3) is 5.91 Å². The molecular weight excluding hydrogens is 499 g/mol. The summed E-state index contributed by atoms with van der Waals surface area (Å²) in [5.41, 5.74) is -0.782. The van der Waals surface area contributed by atoms with E-state index in [2.05, 4.69) is 25.4 Å². The highest BCUT2D eigenvalue weighted by molar-refractivity contribution is 7.91. The van der Waals surface area contributed by atoms with Crippen LogP contribution in [-0.2, 0) is 23.1 Å². The Morgan fingerprint density at radius 3 is 2.44 bits per heavy atom. The number of carbonyl (C=O) groups is 1. The smallest absolute Gasteiger partial charge is 0.351 e. The molecule has 0 saturated carbocycles. The van der Waals surface area contributed by atoms with Crippen LogP contribution in [0.3, 0.4) is 0 Å². The molecule has 4 aromatic rings. The molecule has 0 aliphatic heterocycles. The normalized spacial score (nSPS) is 13.0. The molecule has 1 N–H and O–H groups in total. The topological polar surface area (TPSA) is 124 Å². The largest absolute Gasteiger partial charge is 0.433 e. The van der Waals surface area contributed by atoms with Gasteiger partial charge in [-0.05, 0) is 11.5 Å². The van der Waals surface area contributed by atoms with Crippen LogP contribution in [0.1, 0.15) is 43.7 Å². The molecule has 0 bridgehead atoms. The highest BCUT2D eigenvalue weighted by Crippen LogP contribution is 2.34. The fourth-order valence-corrected chi connectivity index (χ4v) is 4.48. The van der Waals surface area contributed by atoms with Crippen LogP contribution in [0.15, 0.2) is 29.7 Å². The van der Waals surface area contributed by atoms with Crippen LogP contribution in [0, 0.1) is 5.41 Å². The first kappa shape index (κ1) is 25.5. The van der Waals surface area contributed by atoms with Gasteiger partial charge in [-0.3, -0.25) is 4.79 Å². The second kappa shape index (κ2) is 8.54. The second-order valence-electron chi connectivity index (χ2n) is 9.49. The number of alkyl halides is 3. The zero-order chi connectivity index (χ0) is 26.6. The molecule has 14 heteroatoms. The van der Waals surface area contributed by atoms with Gasteiger partial charge in [-0.1, -0.05) is 27.7 Å². The lowest BCUT2D eigenvalue weighted by Crippen LogP contribution is -2.32. The molecule has 36 heavy (non-hydrogen) atoms. The van der Waals surface area contributed by atoms with Crippen molar-refractivity contribution in [3.8, 4) is 11.4 Å². The van der Waals surface area contributed by atoms with Crippen molar-refractivity contribution < 1.29 is 26.4 Å². The molecule has 0 atom stereocenters. The summed E-state index contributed by atoms with van der Waals surface area (Å²) in [5.74, 6) is -0.651. The number of amides is 1. The third-order valence-electron chi connectivity index (χ3n) is 5.44. The van der Waals surface area contributed by atoms with Gasteiger partial charge in [0.15, 0.2) is 20.5 Å². The van der Waals surface area contributed by atoms with Crippen molar-refractivity contribution in [3.63, 3.8) is 0 Å². The number of aryl methyl sites for hydroxylation is 1. The summed E-state index contributed by atoms with van der Waals surface area (Å²) >= 11 is 0. The minimum atomic E-state index is -4.67. The number of rotatable bonds is 5. The maximum absolute atomic E-state index is 13.2. The molecule has 0 radical (unpaired) electrons. The molecular formula is C22H24F3N7O3S. The van der Waals surface area contributed by atoms with E-state index in [1.807, 2.05) is 20.8 Å². The lowest BCUT2D eigenvalue weighted by molar-refractivity contribution is -0.141. The van der Waals surface area contributed by atoms with Gasteiger partial charge >= 0.3 is 6.18 Å². The summed E-state index contributed by atoms with van der Waals surface area (Å²) in [6.07, 6.45) is -1.00. The molecule has 4 aromatic heterocycles. The summed E-state index contributed by atoms with van der Waals surface area (Å²) in [6, 6.07) is 0.795. The third kappa shape index (κ3) is 4.64. The number of hydrogen-bond acceptors (Lipinski definition) is 7. The van der Waals surface area contributed by atoms with Crippen LogP contribution in [0.4, 0.5) is 13.2 Å². The summed E-state index contributed by atoms with van der Waals surface area (Å²) in [5, 5.41) is 6.64. The number of aromatic nitrogens is 6. The van der Waals surface area contributed by atoms with Crippen molar-refractivity contribution in [1.82, 2.24) is 34.4 Å². The van der Waals surface area contributed by atoms with E-state index in [0.717, 1.165) is 12.3 Å². The number of imidazole rings is 1. The average Bonchev–Trinajstić information content (AvgIpc) is 3.33. The van der Waals surface area contributed by atoms with Gasteiger partial charge in [-0.25, -0.2) is 27.9 Å². The fourth-order valence-electron chi connectivity index (χ4n) is 3.50. The van der Waals surface area contributed by atoms with E-state index >= 15 is 0 Å². The van der Waals surface area contributed by atoms with Gasteiger partial charge in [0, 0.05) is 26.0 Å². The summed E-state index contributed by atoms with van der Waals surface area (Å²) in [4.78, 5) is 24.6. The van der Waals surface area contributed by atoms with E-state index in [1.165, 1.54) is 35.4 Å². The molecule has 1 amide bonds. The van der Waals surface area contributed by atoms with E-state index in [9.17, 15) is 26.4 Å². The van der Waals surface area contributed by atoms with E-state index in [1.54, 1.807) is 0 Å². The van der Waals surface area contributed by atoms with E-state index in [-0.39, 0.29) is 49.8 Å². The molecule has 0 saturated heterocycles. The number of sulfone groups is 1. The molecule has 0 aromatic carbocycles. The van der Waals surface area contributed by atoms with Gasteiger partial charge in [0.2, 0.25) is 0 Å². The zero-order valence-corrected chi connectivity index (χ0v) is 21.0. The van der Waals surface area contributed by atoms with E-state index in [4.69, 9.17) is 0 Å². The first-order valence-electron chi connectivity index (χ1n) is 10.9. The van der Waals surface area contributed by atoms with Gasteiger partial charge in [-0.15, -0.1) is 0 Å². The molecule has 0 unspecified atom stereocenters. The molecule has 0 spiro atoms.